The van der Waals surface area contributed by atoms with Crippen LogP contribution in [0.4, 0.5) is 0 Å². The van der Waals surface area contributed by atoms with Gasteiger partial charge in [-0.3, -0.25) is 19.2 Å². The van der Waals surface area contributed by atoms with Crippen LogP contribution in [0.3, 0.4) is 0 Å². The second-order valence-corrected chi connectivity index (χ2v) is 32.2. The van der Waals surface area contributed by atoms with Gasteiger partial charge >= 0.3 is 23.9 Å². The number of hydrogen-bond donors (Lipinski definition) is 0. The normalized spacial score (nSPS) is 20.7. The number of carbonyl (C=O) groups excluding carboxylic acids is 4. The fraction of sp³-hybridized carbons (Fsp3) is 0.500. The van der Waals surface area contributed by atoms with Crippen molar-refractivity contribution in [2.45, 2.75) is 241 Å². The summed E-state index contributed by atoms with van der Waals surface area (Å²) in [7, 11) is 0. The molecule has 584 valence electrons. The Hall–Kier alpha value is -7.96. The van der Waals surface area contributed by atoms with Crippen LogP contribution in [0.15, 0.2) is 259 Å². The minimum absolute atomic E-state index is 0.0532. The zero-order valence-corrected chi connectivity index (χ0v) is 69.4. The standard InChI is InChI=1S/C96H134O11/c1-71(35-25-39-75(5)45-49-85-79(9)43-29-57-93(85,13)14)31-21-23-33-73(3)37-27-41-77(7)47-51-87-81(11)67-83(69-95(87,17)18)106-91(99)55-53-89(97)104-65-63-102-61-59-101-60-62-103-64-66-105-90(98)54-56-92(100)107-84-68-82(12)88(96(19,20)70-84)52-48-78(8)42-28-38-74(4)34-24-22-32-72(2)36-26-40-76(6)46-50-86-80(10)44-30-58-94(86,15)16/h21-28,31-42,45-52,83-84H,29-30,43-44,53-70H2,1-20H3/b23-21+,24-22+,35-25+,36-26+,37-27+,38-28+,49-45+,50-46+,51-47+,52-48+,71-31+,72-32+,73-33+,74-34+,75-39+,76-40+,77-41+,78-42+/t83-,84-/m1/s1. The van der Waals surface area contributed by atoms with Gasteiger partial charge in [-0.15, -0.1) is 0 Å². The van der Waals surface area contributed by atoms with E-state index >= 15 is 0 Å². The van der Waals surface area contributed by atoms with Crippen LogP contribution in [-0.2, 0) is 52.3 Å². The van der Waals surface area contributed by atoms with Gasteiger partial charge in [0.15, 0.2) is 0 Å². The fourth-order valence-electron chi connectivity index (χ4n) is 14.0. The molecule has 0 aromatic heterocycles. The molecule has 0 saturated carbocycles. The first-order valence-electron chi connectivity index (χ1n) is 39.1. The molecule has 107 heavy (non-hydrogen) atoms. The van der Waals surface area contributed by atoms with Gasteiger partial charge in [0.25, 0.3) is 0 Å². The van der Waals surface area contributed by atoms with E-state index in [1.165, 1.54) is 105 Å². The third kappa shape index (κ3) is 37.1. The monoisotopic (exact) mass is 1460 g/mol. The fourth-order valence-corrected chi connectivity index (χ4v) is 14.0. The molecule has 0 saturated heterocycles. The highest BCUT2D eigenvalue weighted by molar-refractivity contribution is 5.78. The second-order valence-electron chi connectivity index (χ2n) is 32.2. The first-order chi connectivity index (χ1) is 50.7. The van der Waals surface area contributed by atoms with Gasteiger partial charge in [0.1, 0.15) is 25.4 Å². The molecule has 0 spiro atoms. The number of allylic oxidation sites excluding steroid dienone is 42. The Balaban J connectivity index is 1.01. The summed E-state index contributed by atoms with van der Waals surface area (Å²) in [5.41, 5.74) is 20.3. The molecule has 0 unspecified atom stereocenters. The lowest BCUT2D eigenvalue weighted by molar-refractivity contribution is -0.155. The zero-order chi connectivity index (χ0) is 79.0. The molecule has 0 aliphatic heterocycles. The van der Waals surface area contributed by atoms with Gasteiger partial charge in [0.2, 0.25) is 0 Å². The van der Waals surface area contributed by atoms with E-state index in [4.69, 9.17) is 33.2 Å². The predicted molar refractivity (Wildman–Crippen MR) is 446 cm³/mol. The van der Waals surface area contributed by atoms with Crippen LogP contribution in [0, 0.1) is 21.7 Å². The molecule has 4 aliphatic carbocycles. The van der Waals surface area contributed by atoms with Crippen molar-refractivity contribution in [3.05, 3.63) is 259 Å². The van der Waals surface area contributed by atoms with E-state index in [-0.39, 0.29) is 99.2 Å². The van der Waals surface area contributed by atoms with Crippen molar-refractivity contribution in [2.24, 2.45) is 21.7 Å². The number of ether oxygens (including phenoxy) is 7. The number of rotatable bonds is 40. The van der Waals surface area contributed by atoms with E-state index in [1.807, 2.05) is 0 Å². The van der Waals surface area contributed by atoms with Crippen molar-refractivity contribution in [3.8, 4) is 0 Å². The van der Waals surface area contributed by atoms with Crippen LogP contribution in [0.2, 0.25) is 0 Å². The number of esters is 4. The van der Waals surface area contributed by atoms with E-state index in [9.17, 15) is 19.2 Å². The van der Waals surface area contributed by atoms with Crippen molar-refractivity contribution in [3.63, 3.8) is 0 Å². The first kappa shape index (κ1) is 91.4. The Morgan fingerprint density at radius 1 is 0.318 bits per heavy atom. The lowest BCUT2D eigenvalue weighted by atomic mass is 9.71. The van der Waals surface area contributed by atoms with Crippen LogP contribution >= 0.6 is 0 Å². The smallest absolute Gasteiger partial charge is 0.306 e. The molecule has 0 aromatic carbocycles. The average Bonchev–Trinajstić information content (AvgIpc) is 0.722. The third-order valence-electron chi connectivity index (χ3n) is 20.0. The van der Waals surface area contributed by atoms with Crippen LogP contribution in [0.25, 0.3) is 0 Å². The van der Waals surface area contributed by atoms with Gasteiger partial charge < -0.3 is 33.2 Å². The highest BCUT2D eigenvalue weighted by Gasteiger charge is 2.36. The summed E-state index contributed by atoms with van der Waals surface area (Å²) in [6.07, 6.45) is 69.1. The summed E-state index contributed by atoms with van der Waals surface area (Å²) in [5.74, 6) is -1.82. The quantitative estimate of drug-likeness (QED) is 0.0251. The summed E-state index contributed by atoms with van der Waals surface area (Å²) in [6, 6.07) is 0. The van der Waals surface area contributed by atoms with Crippen LogP contribution < -0.4 is 0 Å². The second kappa shape index (κ2) is 47.8. The summed E-state index contributed by atoms with van der Waals surface area (Å²) in [6.45, 7) is 45.4. The van der Waals surface area contributed by atoms with E-state index < -0.39 is 23.9 Å². The third-order valence-corrected chi connectivity index (χ3v) is 20.0. The lowest BCUT2D eigenvalue weighted by Crippen LogP contribution is -2.32. The molecular formula is C96H134O11. The maximum Gasteiger partial charge on any atom is 0.306 e. The molecular weight excluding hydrogens is 1330 g/mol. The Bertz CT molecular complexity index is 3470. The topological polar surface area (TPSA) is 133 Å². The molecule has 4 aliphatic rings. The molecule has 11 heteroatoms. The Kier molecular flexibility index (Phi) is 40.8. The predicted octanol–water partition coefficient (Wildman–Crippen LogP) is 24.0. The van der Waals surface area contributed by atoms with Crippen molar-refractivity contribution in [1.82, 2.24) is 0 Å². The number of hydrogen-bond acceptors (Lipinski definition) is 11. The highest BCUT2D eigenvalue weighted by Crippen LogP contribution is 2.45. The van der Waals surface area contributed by atoms with Gasteiger partial charge in [-0.1, -0.05) is 292 Å². The Morgan fingerprint density at radius 2 is 0.561 bits per heavy atom. The molecule has 11 nitrogen and oxygen atoms in total. The van der Waals surface area contributed by atoms with Crippen molar-refractivity contribution in [1.29, 1.82) is 0 Å². The van der Waals surface area contributed by atoms with Crippen molar-refractivity contribution < 1.29 is 52.3 Å². The Morgan fingerprint density at radius 3 is 0.832 bits per heavy atom. The van der Waals surface area contributed by atoms with E-state index in [0.717, 1.165) is 22.3 Å². The van der Waals surface area contributed by atoms with Gasteiger partial charge in [-0.05, 0) is 178 Å². The Labute approximate surface area is 647 Å². The first-order valence-corrected chi connectivity index (χ1v) is 39.1. The van der Waals surface area contributed by atoms with Crippen LogP contribution in [0.1, 0.15) is 228 Å². The molecule has 4 rings (SSSR count). The van der Waals surface area contributed by atoms with Gasteiger partial charge in [-0.2, -0.15) is 0 Å². The summed E-state index contributed by atoms with van der Waals surface area (Å²) in [4.78, 5) is 50.6. The molecule has 2 atom stereocenters. The van der Waals surface area contributed by atoms with E-state index in [0.29, 0.717) is 38.9 Å². The molecule has 0 aromatic rings. The van der Waals surface area contributed by atoms with Gasteiger partial charge in [-0.25, -0.2) is 0 Å². The molecule has 0 N–H and O–H groups in total. The van der Waals surface area contributed by atoms with Crippen LogP contribution in [-0.4, -0.2) is 88.9 Å². The number of carbonyl (C=O) groups is 4. The van der Waals surface area contributed by atoms with Crippen LogP contribution in [0.5, 0.6) is 0 Å². The summed E-state index contributed by atoms with van der Waals surface area (Å²) < 4.78 is 38.9. The molecule has 0 bridgehead atoms. The van der Waals surface area contributed by atoms with Gasteiger partial charge in [0, 0.05) is 12.8 Å². The zero-order valence-electron chi connectivity index (χ0n) is 69.4. The van der Waals surface area contributed by atoms with E-state index in [1.54, 1.807) is 0 Å². The molecule has 0 amide bonds. The summed E-state index contributed by atoms with van der Waals surface area (Å²) in [5, 5.41) is 0. The maximum absolute atomic E-state index is 12.9. The van der Waals surface area contributed by atoms with E-state index in [2.05, 4.69) is 309 Å². The molecule has 0 heterocycles. The van der Waals surface area contributed by atoms with Crippen molar-refractivity contribution in [2.75, 3.05) is 52.9 Å². The molecule has 0 fully saturated rings. The molecule has 0 radical (unpaired) electrons. The largest absolute Gasteiger partial charge is 0.463 e. The summed E-state index contributed by atoms with van der Waals surface area (Å²) >= 11 is 0. The lowest BCUT2D eigenvalue weighted by Gasteiger charge is -2.37. The average molecular weight is 1460 g/mol. The van der Waals surface area contributed by atoms with Crippen molar-refractivity contribution >= 4 is 23.9 Å². The van der Waals surface area contributed by atoms with Gasteiger partial charge in [0.05, 0.1) is 65.3 Å². The minimum atomic E-state index is -0.492. The SMILES string of the molecule is CC1=C(/C=C/C(C)=C/C=C/C(C)=C/C=C/C=C(C)/C=C/C=C(C)/C=C/C2=C(C)C[C@@H](OC(=O)CCC(=O)OCCOCCOCCOCCOC(=O)CCC(=O)O[C@@H]3CC(C)=C(/C=C/C(C)=C/C=C/C(C)=C/C=C/C=C(C)/C=C/C=C(C)/C=C/C4=C(C)CCCC4(C)C)C(C)(C)C3)CC2(C)C)C(C)(C)CCC1. The minimum Gasteiger partial charge on any atom is -0.463 e. The highest BCUT2D eigenvalue weighted by atomic mass is 16.6. The maximum atomic E-state index is 12.9.